The Kier molecular flexibility index (Phi) is 13.5. The molecule has 0 unspecified atom stereocenters. The Balaban J connectivity index is 1.43. The smallest absolute Gasteiger partial charge is 0.239 e. The fourth-order valence-corrected chi connectivity index (χ4v) is 9.52. The molecule has 0 radical (unpaired) electrons. The highest BCUT2D eigenvalue weighted by molar-refractivity contribution is 6.03. The fraction of sp³-hybridized carbons (Fsp3) is 0.468. The Morgan fingerprint density at radius 1 is 1.00 bits per heavy atom. The number of fused-ring (bicyclic) bond motifs is 2. The van der Waals surface area contributed by atoms with Gasteiger partial charge in [-0.3, -0.25) is 9.59 Å². The zero-order valence-corrected chi connectivity index (χ0v) is 33.9. The van der Waals surface area contributed by atoms with E-state index >= 15 is 0 Å². The molecule has 0 aromatic heterocycles. The van der Waals surface area contributed by atoms with Crippen molar-refractivity contribution in [1.29, 1.82) is 0 Å². The maximum Gasteiger partial charge on any atom is 0.239 e. The number of carbonyl (C=O) groups is 2. The molecule has 0 spiro atoms. The largest absolute Gasteiger partial charge is 0.496 e. The first-order valence-electron chi connectivity index (χ1n) is 20.8. The summed E-state index contributed by atoms with van der Waals surface area (Å²) in [5.41, 5.74) is 3.64. The maximum absolute atomic E-state index is 14.6. The highest BCUT2D eigenvalue weighted by Crippen LogP contribution is 2.62. The summed E-state index contributed by atoms with van der Waals surface area (Å²) in [6, 6.07) is 16.3. The Morgan fingerprint density at radius 2 is 1.73 bits per heavy atom. The van der Waals surface area contributed by atoms with Crippen molar-refractivity contribution >= 4 is 17.9 Å². The third-order valence-corrected chi connectivity index (χ3v) is 12.3. The molecule has 2 fully saturated rings. The molecule has 2 saturated carbocycles. The summed E-state index contributed by atoms with van der Waals surface area (Å²) in [4.78, 5) is 33.9. The lowest BCUT2D eigenvalue weighted by atomic mass is 9.55. The summed E-state index contributed by atoms with van der Waals surface area (Å²) < 4.78 is 40.3. The van der Waals surface area contributed by atoms with Crippen LogP contribution in [0, 0.1) is 29.5 Å². The number of aliphatic hydroxyl groups is 2. The molecule has 11 nitrogen and oxygen atoms in total. The van der Waals surface area contributed by atoms with Crippen LogP contribution in [-0.2, 0) is 20.9 Å². The topological polar surface area (TPSA) is 136 Å². The second-order valence-corrected chi connectivity index (χ2v) is 15.9. The fourth-order valence-electron chi connectivity index (χ4n) is 9.52. The summed E-state index contributed by atoms with van der Waals surface area (Å²) >= 11 is 0. The van der Waals surface area contributed by atoms with E-state index in [2.05, 4.69) is 17.8 Å². The Morgan fingerprint density at radius 3 is 2.41 bits per heavy atom. The van der Waals surface area contributed by atoms with Gasteiger partial charge in [-0.05, 0) is 110 Å². The van der Waals surface area contributed by atoms with E-state index in [-0.39, 0.29) is 68.2 Å². The van der Waals surface area contributed by atoms with Gasteiger partial charge in [0, 0.05) is 43.6 Å². The lowest BCUT2D eigenvalue weighted by molar-refractivity contribution is -0.258. The normalized spacial score (nSPS) is 24.9. The van der Waals surface area contributed by atoms with Crippen LogP contribution in [0.5, 0.6) is 23.0 Å². The van der Waals surface area contributed by atoms with Gasteiger partial charge in [0.15, 0.2) is 6.29 Å². The number of aldehydes is 1. The minimum Gasteiger partial charge on any atom is -0.496 e. The molecule has 2 N–H and O–H groups in total. The number of ether oxygens (including phenoxy) is 4. The summed E-state index contributed by atoms with van der Waals surface area (Å²) in [5.74, 6) is -0.585. The molecule has 59 heavy (non-hydrogen) atoms. The zero-order valence-electron chi connectivity index (χ0n) is 33.9. The highest BCUT2D eigenvalue weighted by Gasteiger charge is 2.66. The molecule has 0 saturated heterocycles. The summed E-state index contributed by atoms with van der Waals surface area (Å²) in [6.07, 6.45) is 11.0. The Bertz CT molecular complexity index is 2030. The molecule has 314 valence electrons. The number of amides is 1. The van der Waals surface area contributed by atoms with E-state index in [0.717, 1.165) is 61.5 Å². The minimum atomic E-state index is -1.42. The van der Waals surface area contributed by atoms with E-state index in [0.29, 0.717) is 47.1 Å². The van der Waals surface area contributed by atoms with E-state index in [4.69, 9.17) is 23.8 Å². The highest BCUT2D eigenvalue weighted by atomic mass is 19.1. The van der Waals surface area contributed by atoms with Crippen LogP contribution in [0.4, 0.5) is 4.39 Å². The van der Waals surface area contributed by atoms with E-state index in [1.165, 1.54) is 26.4 Å². The first-order valence-corrected chi connectivity index (χ1v) is 20.8. The van der Waals surface area contributed by atoms with Crippen LogP contribution in [0.15, 0.2) is 90.1 Å². The van der Waals surface area contributed by atoms with Gasteiger partial charge in [0.2, 0.25) is 11.7 Å². The molecule has 7 rings (SSSR count). The summed E-state index contributed by atoms with van der Waals surface area (Å²) in [7, 11) is 3.03. The van der Waals surface area contributed by atoms with Crippen LogP contribution < -0.4 is 14.2 Å². The number of oxime groups is 1. The number of benzene rings is 3. The van der Waals surface area contributed by atoms with Crippen molar-refractivity contribution < 1.29 is 48.0 Å². The summed E-state index contributed by atoms with van der Waals surface area (Å²) in [6.45, 7) is 4.50. The van der Waals surface area contributed by atoms with Crippen LogP contribution in [0.3, 0.4) is 0 Å². The number of aliphatic hydroxyl groups excluding tert-OH is 2. The SMILES string of the molecule is C=CCO[C@@]12Oc3ccc(Oc4ccc(OC)c(C=O)c4)cc3[C@H]3[C@H](CCCCO)[C@@H](CCCCO)C=C(C(=NOC)C[C@@H]1N(Cc1ccc(F)cc1)C(=O)C1CC1)[C@H]32. The van der Waals surface area contributed by atoms with Gasteiger partial charge in [0.05, 0.1) is 30.9 Å². The van der Waals surface area contributed by atoms with Gasteiger partial charge in [-0.15, -0.1) is 6.58 Å². The summed E-state index contributed by atoms with van der Waals surface area (Å²) in [5, 5.41) is 24.4. The van der Waals surface area contributed by atoms with Crippen molar-refractivity contribution in [3.8, 4) is 23.0 Å². The molecule has 0 bridgehead atoms. The van der Waals surface area contributed by atoms with Gasteiger partial charge in [-0.1, -0.05) is 42.3 Å². The second kappa shape index (κ2) is 18.9. The molecule has 4 aliphatic rings. The molecular formula is C47H55FN2O9. The number of allylic oxidation sites excluding steroid dienone is 1. The lowest BCUT2D eigenvalue weighted by Crippen LogP contribution is -2.70. The van der Waals surface area contributed by atoms with Gasteiger partial charge in [0.25, 0.3) is 0 Å². The van der Waals surface area contributed by atoms with E-state index in [1.54, 1.807) is 36.4 Å². The van der Waals surface area contributed by atoms with Crippen molar-refractivity contribution in [1.82, 2.24) is 4.90 Å². The average molecular weight is 811 g/mol. The van der Waals surface area contributed by atoms with E-state index < -0.39 is 17.7 Å². The molecular weight excluding hydrogens is 756 g/mol. The monoisotopic (exact) mass is 810 g/mol. The average Bonchev–Trinajstić information content (AvgIpc) is 4.10. The van der Waals surface area contributed by atoms with E-state index in [1.807, 2.05) is 23.1 Å². The zero-order chi connectivity index (χ0) is 41.5. The van der Waals surface area contributed by atoms with Crippen molar-refractivity contribution in [3.63, 3.8) is 0 Å². The number of carbonyl (C=O) groups excluding carboxylic acids is 2. The van der Waals surface area contributed by atoms with Crippen LogP contribution in [0.25, 0.3) is 0 Å². The van der Waals surface area contributed by atoms with Gasteiger partial charge >= 0.3 is 0 Å². The lowest BCUT2D eigenvalue weighted by Gasteiger charge is -2.60. The molecule has 6 atom stereocenters. The predicted octanol–water partition coefficient (Wildman–Crippen LogP) is 8.14. The molecule has 1 heterocycles. The quantitative estimate of drug-likeness (QED) is 0.0502. The van der Waals surface area contributed by atoms with Crippen LogP contribution in [0.2, 0.25) is 0 Å². The van der Waals surface area contributed by atoms with Crippen LogP contribution >= 0.6 is 0 Å². The number of rotatable bonds is 20. The Hall–Kier alpha value is -5.04. The maximum atomic E-state index is 14.6. The van der Waals surface area contributed by atoms with Crippen molar-refractivity contribution in [2.24, 2.45) is 28.8 Å². The predicted molar refractivity (Wildman–Crippen MR) is 220 cm³/mol. The van der Waals surface area contributed by atoms with Crippen molar-refractivity contribution in [2.45, 2.75) is 82.1 Å². The first-order chi connectivity index (χ1) is 28.8. The minimum absolute atomic E-state index is 0.0217. The van der Waals surface area contributed by atoms with Gasteiger partial charge < -0.3 is 38.9 Å². The van der Waals surface area contributed by atoms with Gasteiger partial charge in [-0.2, -0.15) is 0 Å². The molecule has 1 aliphatic heterocycles. The Labute approximate surface area is 345 Å². The second-order valence-electron chi connectivity index (χ2n) is 15.9. The number of unbranched alkanes of at least 4 members (excludes halogenated alkanes) is 2. The number of hydrogen-bond donors (Lipinski definition) is 2. The van der Waals surface area contributed by atoms with Crippen molar-refractivity contribution in [3.05, 3.63) is 107 Å². The number of methoxy groups -OCH3 is 1. The standard InChI is InChI=1S/C47H55FN2O9/c1-4-23-57-47-43(50(46(54)31-13-14-31)28-30-11-15-34(48)16-12-30)27-40(49-56-3)38-25-32(9-5-7-21-51)37(10-6-8-22-52)44(45(38)47)39-26-36(18-20-42(39)59-47)58-35-17-19-41(55-2)33(24-35)29-53/h4,11-12,15-20,24-26,29,31-32,37,43-45,51-52H,1,5-10,13-14,21-23,27-28H2,2-3H3/t32-,37+,43-,44+,45+,47+/m0/s1. The van der Waals surface area contributed by atoms with Gasteiger partial charge in [-0.25, -0.2) is 4.39 Å². The number of nitrogens with zero attached hydrogens (tertiary/aromatic N) is 2. The molecule has 3 aromatic rings. The third-order valence-electron chi connectivity index (χ3n) is 12.3. The molecule has 3 aliphatic carbocycles. The third kappa shape index (κ3) is 8.81. The van der Waals surface area contributed by atoms with Crippen LogP contribution in [-0.4, -0.2) is 78.9 Å². The van der Waals surface area contributed by atoms with Gasteiger partial charge in [0.1, 0.15) is 42.0 Å². The van der Waals surface area contributed by atoms with Crippen LogP contribution in [0.1, 0.15) is 85.2 Å². The number of halogens is 1. The molecule has 3 aromatic carbocycles. The molecule has 1 amide bonds. The first kappa shape index (κ1) is 42.1. The van der Waals surface area contributed by atoms with Crippen molar-refractivity contribution in [2.75, 3.05) is 34.0 Å². The number of hydrogen-bond acceptors (Lipinski definition) is 10. The van der Waals surface area contributed by atoms with E-state index in [9.17, 15) is 24.2 Å². The molecule has 12 heteroatoms.